The zero-order valence-corrected chi connectivity index (χ0v) is 15.1. The van der Waals surface area contributed by atoms with Gasteiger partial charge >= 0.3 is 5.97 Å². The standard InChI is InChI=1S/C20H16ClN3O2/c1-12-18(9-14-5-3-4-6-17(14)20(25)26)13(2)24(23-12)16-8-7-15(11-22)19(21)10-16/h3-8,10H,9H2,1-2H3,(H,25,26). The van der Waals surface area contributed by atoms with Crippen molar-refractivity contribution in [3.63, 3.8) is 0 Å². The van der Waals surface area contributed by atoms with E-state index < -0.39 is 5.97 Å². The second-order valence-electron chi connectivity index (χ2n) is 5.98. The van der Waals surface area contributed by atoms with E-state index in [2.05, 4.69) is 5.10 Å². The summed E-state index contributed by atoms with van der Waals surface area (Å²) in [6.45, 7) is 3.83. The molecule has 2 aromatic carbocycles. The van der Waals surface area contributed by atoms with E-state index >= 15 is 0 Å². The van der Waals surface area contributed by atoms with Crippen LogP contribution < -0.4 is 0 Å². The third kappa shape index (κ3) is 3.19. The van der Waals surface area contributed by atoms with Crippen LogP contribution in [0, 0.1) is 25.2 Å². The summed E-state index contributed by atoms with van der Waals surface area (Å²) in [4.78, 5) is 11.4. The van der Waals surface area contributed by atoms with E-state index in [1.165, 1.54) is 0 Å². The molecule has 0 spiro atoms. The summed E-state index contributed by atoms with van der Waals surface area (Å²) < 4.78 is 1.76. The number of aromatic carboxylic acids is 1. The second-order valence-corrected chi connectivity index (χ2v) is 6.38. The van der Waals surface area contributed by atoms with E-state index in [0.29, 0.717) is 22.6 Å². The highest BCUT2D eigenvalue weighted by Crippen LogP contribution is 2.25. The van der Waals surface area contributed by atoms with Gasteiger partial charge in [0.05, 0.1) is 27.5 Å². The van der Waals surface area contributed by atoms with Crippen molar-refractivity contribution in [1.29, 1.82) is 5.26 Å². The molecule has 0 unspecified atom stereocenters. The van der Waals surface area contributed by atoms with Crippen molar-refractivity contribution in [2.75, 3.05) is 0 Å². The maximum Gasteiger partial charge on any atom is 0.335 e. The van der Waals surface area contributed by atoms with Crippen LogP contribution in [0.15, 0.2) is 42.5 Å². The minimum Gasteiger partial charge on any atom is -0.478 e. The molecule has 0 aliphatic rings. The quantitative estimate of drug-likeness (QED) is 0.747. The number of hydrogen-bond donors (Lipinski definition) is 1. The number of carboxylic acids is 1. The molecule has 3 rings (SSSR count). The number of nitrogens with zero attached hydrogens (tertiary/aromatic N) is 3. The van der Waals surface area contributed by atoms with Gasteiger partial charge < -0.3 is 5.11 Å². The zero-order valence-electron chi connectivity index (χ0n) is 14.3. The monoisotopic (exact) mass is 365 g/mol. The summed E-state index contributed by atoms with van der Waals surface area (Å²) in [6.07, 6.45) is 0.476. The Kier molecular flexibility index (Phi) is 4.79. The SMILES string of the molecule is Cc1nn(-c2ccc(C#N)c(Cl)c2)c(C)c1Cc1ccccc1C(=O)O. The third-order valence-corrected chi connectivity index (χ3v) is 4.69. The Labute approximate surface area is 156 Å². The number of carbonyl (C=O) groups is 1. The Morgan fingerprint density at radius 2 is 2.00 bits per heavy atom. The molecule has 0 bridgehead atoms. The number of carboxylic acid groups (broad SMARTS) is 1. The van der Waals surface area contributed by atoms with E-state index in [-0.39, 0.29) is 0 Å². The van der Waals surface area contributed by atoms with Crippen LogP contribution in [0.2, 0.25) is 5.02 Å². The molecule has 0 aliphatic carbocycles. The van der Waals surface area contributed by atoms with Gasteiger partial charge in [-0.05, 0) is 43.7 Å². The van der Waals surface area contributed by atoms with Gasteiger partial charge in [0.15, 0.2) is 0 Å². The number of benzene rings is 2. The normalized spacial score (nSPS) is 10.5. The van der Waals surface area contributed by atoms with Crippen molar-refractivity contribution in [3.05, 3.63) is 81.1 Å². The summed E-state index contributed by atoms with van der Waals surface area (Å²) in [5, 5.41) is 23.3. The highest BCUT2D eigenvalue weighted by atomic mass is 35.5. The number of hydrogen-bond acceptors (Lipinski definition) is 3. The molecule has 1 heterocycles. The van der Waals surface area contributed by atoms with E-state index in [1.807, 2.05) is 32.0 Å². The summed E-state index contributed by atoms with van der Waals surface area (Å²) in [5.74, 6) is -0.942. The molecular formula is C20H16ClN3O2. The Balaban J connectivity index is 2.04. The van der Waals surface area contributed by atoms with Crippen molar-refractivity contribution in [2.24, 2.45) is 0 Å². The molecule has 5 nitrogen and oxygen atoms in total. The molecule has 0 radical (unpaired) electrons. The van der Waals surface area contributed by atoms with Crippen LogP contribution >= 0.6 is 11.6 Å². The lowest BCUT2D eigenvalue weighted by molar-refractivity contribution is 0.0696. The van der Waals surface area contributed by atoms with Gasteiger partial charge in [0.25, 0.3) is 0 Å². The second kappa shape index (κ2) is 7.03. The van der Waals surface area contributed by atoms with Crippen LogP contribution in [0.5, 0.6) is 0 Å². The summed E-state index contributed by atoms with van der Waals surface area (Å²) in [6, 6.07) is 14.2. The topological polar surface area (TPSA) is 78.9 Å². The Morgan fingerprint density at radius 3 is 2.65 bits per heavy atom. The number of nitriles is 1. The number of aromatic nitrogens is 2. The lowest BCUT2D eigenvalue weighted by atomic mass is 9.98. The van der Waals surface area contributed by atoms with Crippen molar-refractivity contribution in [1.82, 2.24) is 9.78 Å². The number of halogens is 1. The molecule has 3 aromatic rings. The minimum absolute atomic E-state index is 0.292. The van der Waals surface area contributed by atoms with Crippen molar-refractivity contribution >= 4 is 17.6 Å². The summed E-state index contributed by atoms with van der Waals surface area (Å²) >= 11 is 6.13. The Morgan fingerprint density at radius 1 is 1.27 bits per heavy atom. The fraction of sp³-hybridized carbons (Fsp3) is 0.150. The van der Waals surface area contributed by atoms with Crippen molar-refractivity contribution in [2.45, 2.75) is 20.3 Å². The molecule has 0 saturated carbocycles. The first-order chi connectivity index (χ1) is 12.4. The van der Waals surface area contributed by atoms with Crippen LogP contribution in [0.25, 0.3) is 5.69 Å². The average Bonchev–Trinajstić information content (AvgIpc) is 2.90. The highest BCUT2D eigenvalue weighted by Gasteiger charge is 2.17. The molecule has 0 saturated heterocycles. The van der Waals surface area contributed by atoms with E-state index in [9.17, 15) is 9.90 Å². The van der Waals surface area contributed by atoms with Crippen LogP contribution in [-0.2, 0) is 6.42 Å². The van der Waals surface area contributed by atoms with Gasteiger partial charge in [-0.15, -0.1) is 0 Å². The van der Waals surface area contributed by atoms with Gasteiger partial charge in [-0.1, -0.05) is 29.8 Å². The lowest BCUT2D eigenvalue weighted by Crippen LogP contribution is -2.04. The number of rotatable bonds is 4. The average molecular weight is 366 g/mol. The van der Waals surface area contributed by atoms with E-state index in [0.717, 1.165) is 28.2 Å². The molecule has 0 aliphatic heterocycles. The minimum atomic E-state index is -0.942. The Hall–Kier alpha value is -3.10. The molecule has 0 atom stereocenters. The Bertz CT molecular complexity index is 1050. The predicted octanol–water partition coefficient (Wildman–Crippen LogP) is 4.30. The van der Waals surface area contributed by atoms with Crippen LogP contribution in [-0.4, -0.2) is 20.9 Å². The van der Waals surface area contributed by atoms with Gasteiger partial charge in [-0.3, -0.25) is 0 Å². The molecule has 26 heavy (non-hydrogen) atoms. The lowest BCUT2D eigenvalue weighted by Gasteiger charge is -2.08. The van der Waals surface area contributed by atoms with E-state index in [4.69, 9.17) is 16.9 Å². The third-order valence-electron chi connectivity index (χ3n) is 4.37. The van der Waals surface area contributed by atoms with E-state index in [1.54, 1.807) is 35.0 Å². The highest BCUT2D eigenvalue weighted by molar-refractivity contribution is 6.31. The largest absolute Gasteiger partial charge is 0.478 e. The summed E-state index contributed by atoms with van der Waals surface area (Å²) in [7, 11) is 0. The van der Waals surface area contributed by atoms with Crippen LogP contribution in [0.1, 0.15) is 38.4 Å². The maximum absolute atomic E-state index is 11.4. The molecule has 1 N–H and O–H groups in total. The molecule has 130 valence electrons. The van der Waals surface area contributed by atoms with Crippen LogP contribution in [0.4, 0.5) is 0 Å². The fourth-order valence-corrected chi connectivity index (χ4v) is 3.20. The first kappa shape index (κ1) is 17.7. The van der Waals surface area contributed by atoms with Crippen molar-refractivity contribution < 1.29 is 9.90 Å². The van der Waals surface area contributed by atoms with Gasteiger partial charge in [-0.2, -0.15) is 10.4 Å². The maximum atomic E-state index is 11.4. The van der Waals surface area contributed by atoms with Gasteiger partial charge in [0, 0.05) is 17.7 Å². The first-order valence-corrected chi connectivity index (χ1v) is 8.36. The van der Waals surface area contributed by atoms with Gasteiger partial charge in [0.1, 0.15) is 6.07 Å². The van der Waals surface area contributed by atoms with Crippen molar-refractivity contribution in [3.8, 4) is 11.8 Å². The number of aryl methyl sites for hydroxylation is 1. The summed E-state index contributed by atoms with van der Waals surface area (Å²) in [5.41, 5.74) is 4.90. The molecule has 6 heteroatoms. The fourth-order valence-electron chi connectivity index (χ4n) is 2.98. The molecule has 0 amide bonds. The van der Waals surface area contributed by atoms with Gasteiger partial charge in [-0.25, -0.2) is 9.48 Å². The van der Waals surface area contributed by atoms with Gasteiger partial charge in [0.2, 0.25) is 0 Å². The molecule has 0 fully saturated rings. The smallest absolute Gasteiger partial charge is 0.335 e. The van der Waals surface area contributed by atoms with Crippen LogP contribution in [0.3, 0.4) is 0 Å². The predicted molar refractivity (Wildman–Crippen MR) is 99.0 cm³/mol. The molecular weight excluding hydrogens is 350 g/mol. The first-order valence-electron chi connectivity index (χ1n) is 7.98. The zero-order chi connectivity index (χ0) is 18.8. The molecule has 1 aromatic heterocycles.